The summed E-state index contributed by atoms with van der Waals surface area (Å²) >= 11 is 0. The molecule has 0 spiro atoms. The predicted molar refractivity (Wildman–Crippen MR) is 99.1 cm³/mol. The molecule has 1 unspecified atom stereocenters. The maximum absolute atomic E-state index is 11.3. The summed E-state index contributed by atoms with van der Waals surface area (Å²) in [5.74, 6) is 0.391. The second-order valence-corrected chi connectivity index (χ2v) is 8.08. The average molecular weight is 368 g/mol. The van der Waals surface area contributed by atoms with Crippen molar-refractivity contribution < 1.29 is 14.5 Å². The highest BCUT2D eigenvalue weighted by molar-refractivity contribution is 5.64. The number of nitrogens with zero attached hydrogens (tertiary/aromatic N) is 3. The third kappa shape index (κ3) is 7.08. The smallest absolute Gasteiger partial charge is 0.404 e. The molecule has 4 N–H and O–H groups in total. The normalized spacial score (nSPS) is 13.0. The van der Waals surface area contributed by atoms with Crippen LogP contribution in [0.4, 0.5) is 22.2 Å². The molecule has 10 heteroatoms. The lowest BCUT2D eigenvalue weighted by molar-refractivity contribution is -0.384. The molecule has 10 nitrogen and oxygen atoms in total. The van der Waals surface area contributed by atoms with Gasteiger partial charge in [0.25, 0.3) is 0 Å². The number of nitrogens with two attached hydrogens (primary N) is 1. The van der Waals surface area contributed by atoms with Gasteiger partial charge in [0, 0.05) is 18.0 Å². The lowest BCUT2D eigenvalue weighted by Gasteiger charge is -2.31. The number of rotatable bonds is 7. The first kappa shape index (κ1) is 21.4. The number of nitro groups is 1. The minimum absolute atomic E-state index is 0.0935. The van der Waals surface area contributed by atoms with Gasteiger partial charge in [-0.3, -0.25) is 10.1 Å². The number of amides is 1. The van der Waals surface area contributed by atoms with E-state index in [0.717, 1.165) is 0 Å². The molecular weight excluding hydrogens is 340 g/mol. The van der Waals surface area contributed by atoms with Crippen molar-refractivity contribution in [2.45, 2.75) is 59.5 Å². The number of hydrogen-bond donors (Lipinski definition) is 3. The predicted octanol–water partition coefficient (Wildman–Crippen LogP) is 2.91. The van der Waals surface area contributed by atoms with Crippen molar-refractivity contribution in [3.8, 4) is 0 Å². The van der Waals surface area contributed by atoms with Gasteiger partial charge in [0.2, 0.25) is 11.8 Å². The molecule has 1 aromatic rings. The van der Waals surface area contributed by atoms with Gasteiger partial charge in [0.1, 0.15) is 6.20 Å². The Morgan fingerprint density at radius 1 is 1.35 bits per heavy atom. The standard InChI is InChI=1S/C16H28N6O4/c1-15(2,3)11(7-8-26-13(17)23)19-12-10(22(24)25)9-18-14(20-12)21-16(4,5)6/h9,11H,7-8H2,1-6H3,(H2,17,23)(H2,18,19,20,21). The van der Waals surface area contributed by atoms with E-state index >= 15 is 0 Å². The Bertz CT molecular complexity index is 651. The van der Waals surface area contributed by atoms with Crippen molar-refractivity contribution in [1.29, 1.82) is 0 Å². The third-order valence-corrected chi connectivity index (χ3v) is 3.46. The van der Waals surface area contributed by atoms with Crippen molar-refractivity contribution in [3.63, 3.8) is 0 Å². The van der Waals surface area contributed by atoms with Gasteiger partial charge in [-0.05, 0) is 26.2 Å². The van der Waals surface area contributed by atoms with E-state index in [4.69, 9.17) is 10.5 Å². The van der Waals surface area contributed by atoms with Crippen LogP contribution in [0.3, 0.4) is 0 Å². The summed E-state index contributed by atoms with van der Waals surface area (Å²) in [6.07, 6.45) is 0.723. The zero-order chi connectivity index (χ0) is 20.1. The van der Waals surface area contributed by atoms with Crippen LogP contribution >= 0.6 is 0 Å². The molecule has 0 aromatic carbocycles. The van der Waals surface area contributed by atoms with E-state index in [2.05, 4.69) is 20.6 Å². The van der Waals surface area contributed by atoms with Gasteiger partial charge >= 0.3 is 11.8 Å². The summed E-state index contributed by atoms with van der Waals surface area (Å²) in [6.45, 7) is 11.8. The Hall–Kier alpha value is -2.65. The van der Waals surface area contributed by atoms with Crippen LogP contribution in [0.1, 0.15) is 48.0 Å². The van der Waals surface area contributed by atoms with E-state index in [0.29, 0.717) is 6.42 Å². The van der Waals surface area contributed by atoms with E-state index in [9.17, 15) is 14.9 Å². The molecule has 1 aromatic heterocycles. The van der Waals surface area contributed by atoms with Gasteiger partial charge < -0.3 is 21.1 Å². The van der Waals surface area contributed by atoms with Crippen LogP contribution in [-0.4, -0.2) is 39.2 Å². The fraction of sp³-hybridized carbons (Fsp3) is 0.688. The maximum Gasteiger partial charge on any atom is 0.404 e. The Morgan fingerprint density at radius 2 is 1.96 bits per heavy atom. The largest absolute Gasteiger partial charge is 0.450 e. The van der Waals surface area contributed by atoms with Crippen LogP contribution < -0.4 is 16.4 Å². The number of ether oxygens (including phenoxy) is 1. The Morgan fingerprint density at radius 3 is 2.42 bits per heavy atom. The van der Waals surface area contributed by atoms with Crippen LogP contribution in [0.25, 0.3) is 0 Å². The maximum atomic E-state index is 11.3. The molecule has 1 amide bonds. The minimum atomic E-state index is -0.859. The fourth-order valence-corrected chi connectivity index (χ4v) is 2.18. The molecule has 0 fully saturated rings. The summed E-state index contributed by atoms with van der Waals surface area (Å²) < 4.78 is 4.79. The van der Waals surface area contributed by atoms with E-state index < -0.39 is 11.0 Å². The first-order valence-corrected chi connectivity index (χ1v) is 8.28. The van der Waals surface area contributed by atoms with E-state index in [1.54, 1.807) is 0 Å². The summed E-state index contributed by atoms with van der Waals surface area (Å²) in [7, 11) is 0. The van der Waals surface area contributed by atoms with Crippen molar-refractivity contribution >= 4 is 23.5 Å². The highest BCUT2D eigenvalue weighted by Crippen LogP contribution is 2.30. The molecule has 26 heavy (non-hydrogen) atoms. The third-order valence-electron chi connectivity index (χ3n) is 3.46. The molecule has 146 valence electrons. The summed E-state index contributed by atoms with van der Waals surface area (Å²) in [6, 6.07) is -0.252. The van der Waals surface area contributed by atoms with Crippen molar-refractivity contribution in [2.75, 3.05) is 17.2 Å². The Balaban J connectivity index is 3.12. The number of aromatic nitrogens is 2. The number of hydrogen-bond acceptors (Lipinski definition) is 8. The van der Waals surface area contributed by atoms with Crippen LogP contribution in [-0.2, 0) is 4.74 Å². The van der Waals surface area contributed by atoms with Gasteiger partial charge in [-0.1, -0.05) is 20.8 Å². The van der Waals surface area contributed by atoms with Crippen molar-refractivity contribution in [2.24, 2.45) is 11.1 Å². The number of anilines is 2. The molecule has 0 aliphatic heterocycles. The first-order valence-electron chi connectivity index (χ1n) is 8.28. The first-order chi connectivity index (χ1) is 11.8. The van der Waals surface area contributed by atoms with Crippen LogP contribution in [0.2, 0.25) is 0 Å². The molecular formula is C16H28N6O4. The summed E-state index contributed by atoms with van der Waals surface area (Å²) in [5.41, 5.74) is 4.18. The molecule has 1 rings (SSSR count). The van der Waals surface area contributed by atoms with E-state index in [1.165, 1.54) is 6.20 Å². The minimum Gasteiger partial charge on any atom is -0.450 e. The zero-order valence-electron chi connectivity index (χ0n) is 16.1. The molecule has 0 radical (unpaired) electrons. The van der Waals surface area contributed by atoms with E-state index in [1.807, 2.05) is 41.5 Å². The average Bonchev–Trinajstić information content (AvgIpc) is 2.42. The molecule has 0 saturated heterocycles. The van der Waals surface area contributed by atoms with Gasteiger partial charge in [0.15, 0.2) is 0 Å². The number of carbonyl (C=O) groups is 1. The lowest BCUT2D eigenvalue weighted by Crippen LogP contribution is -2.36. The number of nitrogens with one attached hydrogen (secondary N) is 2. The highest BCUT2D eigenvalue weighted by atomic mass is 16.6. The fourth-order valence-electron chi connectivity index (χ4n) is 2.18. The molecule has 1 atom stereocenters. The van der Waals surface area contributed by atoms with Gasteiger partial charge in [-0.25, -0.2) is 9.78 Å². The Kier molecular flexibility index (Phi) is 6.71. The molecule has 0 aliphatic rings. The summed E-state index contributed by atoms with van der Waals surface area (Å²) in [5, 5.41) is 17.5. The van der Waals surface area contributed by atoms with Gasteiger partial charge in [-0.2, -0.15) is 4.98 Å². The van der Waals surface area contributed by atoms with Gasteiger partial charge in [0.05, 0.1) is 11.5 Å². The number of carbonyl (C=O) groups excluding carboxylic acids is 1. The highest BCUT2D eigenvalue weighted by Gasteiger charge is 2.29. The van der Waals surface area contributed by atoms with Crippen molar-refractivity contribution in [1.82, 2.24) is 9.97 Å². The quantitative estimate of drug-likeness (QED) is 0.492. The topological polar surface area (TPSA) is 145 Å². The monoisotopic (exact) mass is 368 g/mol. The van der Waals surface area contributed by atoms with Crippen LogP contribution in [0, 0.1) is 15.5 Å². The SMILES string of the molecule is CC(C)(C)Nc1ncc([N+](=O)[O-])c(NC(CCOC(N)=O)C(C)(C)C)n1. The lowest BCUT2D eigenvalue weighted by atomic mass is 9.85. The second-order valence-electron chi connectivity index (χ2n) is 8.08. The zero-order valence-corrected chi connectivity index (χ0v) is 16.1. The number of primary amides is 1. The second kappa shape index (κ2) is 8.15. The molecule has 0 aliphatic carbocycles. The van der Waals surface area contributed by atoms with Gasteiger partial charge in [-0.15, -0.1) is 0 Å². The Labute approximate surface area is 153 Å². The van der Waals surface area contributed by atoms with Crippen LogP contribution in [0.15, 0.2) is 6.20 Å². The molecule has 0 bridgehead atoms. The summed E-state index contributed by atoms with van der Waals surface area (Å²) in [4.78, 5) is 29.8. The van der Waals surface area contributed by atoms with Crippen molar-refractivity contribution in [3.05, 3.63) is 16.3 Å². The van der Waals surface area contributed by atoms with Crippen LogP contribution in [0.5, 0.6) is 0 Å². The molecule has 1 heterocycles. The van der Waals surface area contributed by atoms with E-state index in [-0.39, 0.29) is 41.1 Å². The molecule has 0 saturated carbocycles.